The third kappa shape index (κ3) is 7.88. The number of aromatic nitrogens is 1. The van der Waals surface area contributed by atoms with Crippen molar-refractivity contribution >= 4 is 63.3 Å². The smallest absolute Gasteiger partial charge is 0.322 e. The molecule has 17 heteroatoms. The fraction of sp³-hybridized carbons (Fsp3) is 0.413. The molecule has 0 saturated carbocycles. The SMILES string of the molecule is C[C@@H]1CN(c2ccc(C#N)c3ncccc23)[C@@H](C)CN1C(=O)Nc1cc(F)c(N2CCC(CN3CCN(c4ccc5c(c4)C(=O)N([C@@H]4CCC(=O)NC4=O)C5=O)CC3)CC2)cc1F. The first-order valence-corrected chi connectivity index (χ1v) is 21.6. The molecule has 2 N–H and O–H groups in total. The van der Waals surface area contributed by atoms with Crippen molar-refractivity contribution in [2.45, 2.75) is 57.7 Å². The van der Waals surface area contributed by atoms with Crippen LogP contribution in [0.4, 0.5) is 36.3 Å². The number of piperazine rings is 2. The summed E-state index contributed by atoms with van der Waals surface area (Å²) in [6, 6.07) is 15.2. The van der Waals surface area contributed by atoms with Gasteiger partial charge in [-0.3, -0.25) is 39.3 Å². The maximum atomic E-state index is 15.7. The van der Waals surface area contributed by atoms with Gasteiger partial charge in [-0.15, -0.1) is 0 Å². The van der Waals surface area contributed by atoms with E-state index in [0.717, 1.165) is 60.2 Å². The lowest BCUT2D eigenvalue weighted by molar-refractivity contribution is -0.136. The molecule has 5 aliphatic heterocycles. The number of pyridine rings is 1. The zero-order chi connectivity index (χ0) is 44.1. The van der Waals surface area contributed by atoms with Gasteiger partial charge in [-0.2, -0.15) is 5.26 Å². The first kappa shape index (κ1) is 41.7. The van der Waals surface area contributed by atoms with Gasteiger partial charge in [0.05, 0.1) is 33.6 Å². The Labute approximate surface area is 363 Å². The molecule has 0 unspecified atom stereocenters. The number of amides is 6. The van der Waals surface area contributed by atoms with Crippen LogP contribution in [0.15, 0.2) is 60.8 Å². The van der Waals surface area contributed by atoms with E-state index < -0.39 is 47.3 Å². The van der Waals surface area contributed by atoms with E-state index in [1.54, 1.807) is 29.3 Å². The Hall–Kier alpha value is -6.67. The number of fused-ring (bicyclic) bond motifs is 2. The quantitative estimate of drug-likeness (QED) is 0.242. The Bertz CT molecular complexity index is 2570. The summed E-state index contributed by atoms with van der Waals surface area (Å²) in [6.07, 6.45) is 3.44. The average Bonchev–Trinajstić information content (AvgIpc) is 3.53. The number of piperidine rings is 2. The van der Waals surface area contributed by atoms with Gasteiger partial charge < -0.3 is 24.9 Å². The molecule has 0 aliphatic carbocycles. The normalized spacial score (nSPS) is 22.4. The van der Waals surface area contributed by atoms with Crippen molar-refractivity contribution in [3.05, 3.63) is 89.1 Å². The maximum Gasteiger partial charge on any atom is 0.322 e. The molecule has 3 atom stereocenters. The van der Waals surface area contributed by atoms with Crippen molar-refractivity contribution in [1.82, 2.24) is 25.0 Å². The molecule has 1 aromatic heterocycles. The summed E-state index contributed by atoms with van der Waals surface area (Å²) in [5.41, 5.74) is 3.32. The second-order valence-corrected chi connectivity index (χ2v) is 17.3. The van der Waals surface area contributed by atoms with Crippen LogP contribution >= 0.6 is 0 Å². The predicted molar refractivity (Wildman–Crippen MR) is 232 cm³/mol. The van der Waals surface area contributed by atoms with E-state index in [2.05, 4.69) is 36.4 Å². The van der Waals surface area contributed by atoms with Gasteiger partial charge >= 0.3 is 6.03 Å². The van der Waals surface area contributed by atoms with Crippen LogP contribution in [0.2, 0.25) is 0 Å². The molecule has 0 spiro atoms. The van der Waals surface area contributed by atoms with Crippen LogP contribution in [0.3, 0.4) is 0 Å². The average molecular weight is 859 g/mol. The molecule has 5 aliphatic rings. The number of imide groups is 2. The van der Waals surface area contributed by atoms with Gasteiger partial charge in [-0.05, 0) is 81.5 Å². The number of anilines is 4. The Morgan fingerprint density at radius 2 is 1.60 bits per heavy atom. The lowest BCUT2D eigenvalue weighted by atomic mass is 9.95. The van der Waals surface area contributed by atoms with E-state index in [1.807, 2.05) is 43.0 Å². The minimum atomic E-state index is -1.01. The van der Waals surface area contributed by atoms with E-state index in [-0.39, 0.29) is 47.4 Å². The number of nitrogens with zero attached hydrogens (tertiary/aromatic N) is 8. The van der Waals surface area contributed by atoms with Crippen LogP contribution in [0.25, 0.3) is 10.9 Å². The lowest BCUT2D eigenvalue weighted by Gasteiger charge is -2.45. The highest BCUT2D eigenvalue weighted by Gasteiger charge is 2.45. The molecular weight excluding hydrogens is 811 g/mol. The van der Waals surface area contributed by atoms with Crippen molar-refractivity contribution in [2.24, 2.45) is 5.92 Å². The summed E-state index contributed by atoms with van der Waals surface area (Å²) in [5.74, 6) is -3.04. The maximum absolute atomic E-state index is 15.7. The third-order valence-corrected chi connectivity index (χ3v) is 13.3. The van der Waals surface area contributed by atoms with Gasteiger partial charge in [0.15, 0.2) is 0 Å². The van der Waals surface area contributed by atoms with Gasteiger partial charge in [0, 0.05) is 112 Å². The Kier molecular flexibility index (Phi) is 11.2. The van der Waals surface area contributed by atoms with E-state index >= 15 is 8.78 Å². The lowest BCUT2D eigenvalue weighted by Crippen LogP contribution is -2.59. The van der Waals surface area contributed by atoms with Crippen LogP contribution < -0.4 is 25.3 Å². The fourth-order valence-electron chi connectivity index (χ4n) is 9.87. The molecule has 3 aromatic carbocycles. The molecule has 6 heterocycles. The Morgan fingerprint density at radius 1 is 0.841 bits per heavy atom. The predicted octanol–water partition coefficient (Wildman–Crippen LogP) is 4.96. The van der Waals surface area contributed by atoms with E-state index in [4.69, 9.17) is 0 Å². The highest BCUT2D eigenvalue weighted by Crippen LogP contribution is 2.35. The number of carbonyl (C=O) groups is 5. The Balaban J connectivity index is 0.755. The molecule has 63 heavy (non-hydrogen) atoms. The highest BCUT2D eigenvalue weighted by molar-refractivity contribution is 6.23. The number of urea groups is 1. The number of hydrogen-bond donors (Lipinski definition) is 2. The summed E-state index contributed by atoms with van der Waals surface area (Å²) in [5, 5.41) is 15.3. The minimum Gasteiger partial charge on any atom is -0.369 e. The summed E-state index contributed by atoms with van der Waals surface area (Å²) in [6.45, 7) is 9.76. The molecule has 326 valence electrons. The third-order valence-electron chi connectivity index (χ3n) is 13.3. The van der Waals surface area contributed by atoms with Gasteiger partial charge in [0.2, 0.25) is 11.8 Å². The molecule has 15 nitrogen and oxygen atoms in total. The van der Waals surface area contributed by atoms with Crippen LogP contribution in [0, 0.1) is 28.9 Å². The molecule has 4 fully saturated rings. The molecule has 6 amide bonds. The highest BCUT2D eigenvalue weighted by atomic mass is 19.1. The number of benzene rings is 3. The number of nitrogens with one attached hydrogen (secondary N) is 2. The summed E-state index contributed by atoms with van der Waals surface area (Å²) in [7, 11) is 0. The summed E-state index contributed by atoms with van der Waals surface area (Å²) >= 11 is 0. The molecular formula is C46H48F2N10O5. The zero-order valence-corrected chi connectivity index (χ0v) is 35.2. The number of carbonyl (C=O) groups excluding carboxylic acids is 5. The van der Waals surface area contributed by atoms with Crippen LogP contribution in [0.1, 0.15) is 65.8 Å². The second kappa shape index (κ2) is 16.9. The van der Waals surface area contributed by atoms with Crippen molar-refractivity contribution in [1.29, 1.82) is 5.26 Å². The number of halogens is 2. The molecule has 0 bridgehead atoms. The van der Waals surface area contributed by atoms with Gasteiger partial charge in [-0.1, -0.05) is 0 Å². The fourth-order valence-corrected chi connectivity index (χ4v) is 9.87. The van der Waals surface area contributed by atoms with Crippen LogP contribution in [0.5, 0.6) is 0 Å². The Morgan fingerprint density at radius 3 is 2.35 bits per heavy atom. The van der Waals surface area contributed by atoms with E-state index in [1.165, 1.54) is 6.07 Å². The number of hydrogen-bond acceptors (Lipinski definition) is 11. The number of nitriles is 1. The summed E-state index contributed by atoms with van der Waals surface area (Å²) in [4.78, 5) is 79.8. The first-order chi connectivity index (χ1) is 30.4. The zero-order valence-electron chi connectivity index (χ0n) is 35.2. The molecule has 0 radical (unpaired) electrons. The molecule has 4 saturated heterocycles. The van der Waals surface area contributed by atoms with E-state index in [0.29, 0.717) is 56.3 Å². The van der Waals surface area contributed by atoms with Gasteiger partial charge in [0.1, 0.15) is 23.7 Å². The van der Waals surface area contributed by atoms with Crippen molar-refractivity contribution < 1.29 is 32.8 Å². The van der Waals surface area contributed by atoms with Crippen molar-refractivity contribution in [2.75, 3.05) is 78.9 Å². The van der Waals surface area contributed by atoms with Gasteiger partial charge in [0.25, 0.3) is 11.8 Å². The van der Waals surface area contributed by atoms with Crippen LogP contribution in [-0.2, 0) is 9.59 Å². The first-order valence-electron chi connectivity index (χ1n) is 21.6. The molecule has 9 rings (SSSR count). The van der Waals surface area contributed by atoms with Gasteiger partial charge in [-0.25, -0.2) is 13.6 Å². The summed E-state index contributed by atoms with van der Waals surface area (Å²) < 4.78 is 31.3. The minimum absolute atomic E-state index is 0.0635. The standard InChI is InChI=1S/C46H48F2N10O5/c1-27-25-57(28(2)24-56(27)38-8-5-30(23-49)42-33(38)4-3-13-50-42)46(63)51-37-21-36(48)40(22-35(37)47)55-14-11-29(12-15-55)26-53-16-18-54(19-17-53)31-6-7-32-34(20-31)45(62)58(44(32)61)39-9-10-41(59)52-43(39)60/h3-8,13,20-22,27-29,39H,9-12,14-19,24-26H2,1-2H3,(H,51,63)(H,52,59,60)/t27-,28+,39+/m0/s1. The second-order valence-electron chi connectivity index (χ2n) is 17.3. The topological polar surface area (TPSA) is 166 Å². The van der Waals surface area contributed by atoms with Crippen molar-refractivity contribution in [3.63, 3.8) is 0 Å². The van der Waals surface area contributed by atoms with Crippen molar-refractivity contribution in [3.8, 4) is 6.07 Å². The van der Waals surface area contributed by atoms with Crippen LogP contribution in [-0.4, -0.2) is 126 Å². The molecule has 4 aromatic rings. The number of rotatable bonds is 7. The largest absolute Gasteiger partial charge is 0.369 e. The monoisotopic (exact) mass is 858 g/mol. The van der Waals surface area contributed by atoms with E-state index in [9.17, 15) is 29.2 Å².